The van der Waals surface area contributed by atoms with Crippen molar-refractivity contribution < 1.29 is 4.79 Å². The first-order valence-corrected chi connectivity index (χ1v) is 5.52. The molecule has 82 valence electrons. The van der Waals surface area contributed by atoms with E-state index in [4.69, 9.17) is 11.6 Å². The molecule has 2 nitrogen and oxygen atoms in total. The minimum absolute atomic E-state index is 0.0290. The number of aryl methyl sites for hydroxylation is 2. The van der Waals surface area contributed by atoms with Gasteiger partial charge in [-0.15, -0.1) is 11.6 Å². The van der Waals surface area contributed by atoms with Gasteiger partial charge in [-0.1, -0.05) is 19.1 Å². The SMILES string of the molecule is Cc1ccc(C)c(NC(=O)C(C)CCl)c1. The summed E-state index contributed by atoms with van der Waals surface area (Å²) in [6, 6.07) is 5.99. The second-order valence-electron chi connectivity index (χ2n) is 3.86. The van der Waals surface area contributed by atoms with E-state index >= 15 is 0 Å². The van der Waals surface area contributed by atoms with Crippen LogP contribution in [0.1, 0.15) is 18.1 Å². The number of hydrogen-bond acceptors (Lipinski definition) is 1. The lowest BCUT2D eigenvalue weighted by atomic mass is 10.1. The molecule has 0 aliphatic rings. The Morgan fingerprint density at radius 2 is 2.13 bits per heavy atom. The molecule has 0 radical (unpaired) electrons. The second-order valence-corrected chi connectivity index (χ2v) is 4.17. The first-order chi connectivity index (χ1) is 7.04. The monoisotopic (exact) mass is 225 g/mol. The molecule has 0 heterocycles. The van der Waals surface area contributed by atoms with Crippen LogP contribution in [0.2, 0.25) is 0 Å². The minimum atomic E-state index is -0.161. The van der Waals surface area contributed by atoms with Crippen LogP contribution in [0.15, 0.2) is 18.2 Å². The molecule has 0 aliphatic carbocycles. The highest BCUT2D eigenvalue weighted by atomic mass is 35.5. The topological polar surface area (TPSA) is 29.1 Å². The normalized spacial score (nSPS) is 12.3. The van der Waals surface area contributed by atoms with Crippen molar-refractivity contribution in [3.05, 3.63) is 29.3 Å². The first kappa shape index (κ1) is 12.1. The molecule has 1 N–H and O–H groups in total. The summed E-state index contributed by atoms with van der Waals surface area (Å²) in [5.74, 6) is 0.154. The zero-order chi connectivity index (χ0) is 11.4. The Kier molecular flexibility index (Phi) is 4.15. The molecule has 1 atom stereocenters. The fourth-order valence-electron chi connectivity index (χ4n) is 1.20. The van der Waals surface area contributed by atoms with Gasteiger partial charge in [0.25, 0.3) is 0 Å². The lowest BCUT2D eigenvalue weighted by molar-refractivity contribution is -0.118. The number of amides is 1. The fourth-order valence-corrected chi connectivity index (χ4v) is 1.34. The number of alkyl halides is 1. The standard InChI is InChI=1S/C12H16ClNO/c1-8-4-5-9(2)11(6-8)14-12(15)10(3)7-13/h4-6,10H,7H2,1-3H3,(H,14,15). The van der Waals surface area contributed by atoms with E-state index in [0.29, 0.717) is 5.88 Å². The molecule has 1 rings (SSSR count). The van der Waals surface area contributed by atoms with Gasteiger partial charge in [-0.2, -0.15) is 0 Å². The van der Waals surface area contributed by atoms with E-state index in [1.54, 1.807) is 0 Å². The first-order valence-electron chi connectivity index (χ1n) is 4.98. The maximum atomic E-state index is 11.6. The highest BCUT2D eigenvalue weighted by molar-refractivity contribution is 6.19. The molecule has 1 amide bonds. The zero-order valence-electron chi connectivity index (χ0n) is 9.30. The fraction of sp³-hybridized carbons (Fsp3) is 0.417. The van der Waals surface area contributed by atoms with Gasteiger partial charge in [0.1, 0.15) is 0 Å². The number of rotatable bonds is 3. The van der Waals surface area contributed by atoms with Gasteiger partial charge >= 0.3 is 0 Å². The number of nitrogens with one attached hydrogen (secondary N) is 1. The largest absolute Gasteiger partial charge is 0.326 e. The summed E-state index contributed by atoms with van der Waals surface area (Å²) in [4.78, 5) is 11.6. The minimum Gasteiger partial charge on any atom is -0.326 e. The van der Waals surface area contributed by atoms with Crippen LogP contribution < -0.4 is 5.32 Å². The Hall–Kier alpha value is -1.02. The van der Waals surface area contributed by atoms with E-state index in [-0.39, 0.29) is 11.8 Å². The molecule has 0 fully saturated rings. The van der Waals surface area contributed by atoms with Crippen LogP contribution in [0.25, 0.3) is 0 Å². The predicted octanol–water partition coefficient (Wildman–Crippen LogP) is 3.12. The summed E-state index contributed by atoms with van der Waals surface area (Å²) in [6.07, 6.45) is 0. The smallest absolute Gasteiger partial charge is 0.228 e. The second kappa shape index (κ2) is 5.17. The molecule has 0 aliphatic heterocycles. The molecule has 0 bridgehead atoms. The quantitative estimate of drug-likeness (QED) is 0.787. The van der Waals surface area contributed by atoms with E-state index in [1.165, 1.54) is 0 Å². The van der Waals surface area contributed by atoms with E-state index in [0.717, 1.165) is 16.8 Å². The molecule has 0 spiro atoms. The Labute approximate surface area is 95.6 Å². The van der Waals surface area contributed by atoms with Gasteiger partial charge in [0.2, 0.25) is 5.91 Å². The summed E-state index contributed by atoms with van der Waals surface area (Å²) in [5, 5.41) is 2.88. The summed E-state index contributed by atoms with van der Waals surface area (Å²) in [5.41, 5.74) is 3.07. The number of anilines is 1. The molecule has 15 heavy (non-hydrogen) atoms. The van der Waals surface area contributed by atoms with Gasteiger partial charge < -0.3 is 5.32 Å². The van der Waals surface area contributed by atoms with Crippen molar-refractivity contribution in [1.29, 1.82) is 0 Å². The van der Waals surface area contributed by atoms with E-state index in [9.17, 15) is 4.79 Å². The Balaban J connectivity index is 2.80. The Morgan fingerprint density at radius 3 is 2.73 bits per heavy atom. The van der Waals surface area contributed by atoms with E-state index < -0.39 is 0 Å². The lowest BCUT2D eigenvalue weighted by Gasteiger charge is -2.12. The molecule has 3 heteroatoms. The maximum Gasteiger partial charge on any atom is 0.228 e. The zero-order valence-corrected chi connectivity index (χ0v) is 10.1. The average molecular weight is 226 g/mol. The van der Waals surface area contributed by atoms with Crippen LogP contribution in [0.5, 0.6) is 0 Å². The number of benzene rings is 1. The van der Waals surface area contributed by atoms with Crippen molar-refractivity contribution in [2.24, 2.45) is 5.92 Å². The van der Waals surface area contributed by atoms with Crippen LogP contribution in [-0.4, -0.2) is 11.8 Å². The molecule has 0 saturated heterocycles. The Bertz CT molecular complexity index is 363. The van der Waals surface area contributed by atoms with Gasteiger partial charge in [-0.3, -0.25) is 4.79 Å². The van der Waals surface area contributed by atoms with Crippen molar-refractivity contribution in [1.82, 2.24) is 0 Å². The van der Waals surface area contributed by atoms with E-state index in [2.05, 4.69) is 5.32 Å². The van der Waals surface area contributed by atoms with Crippen LogP contribution in [0.3, 0.4) is 0 Å². The van der Waals surface area contributed by atoms with Gasteiger partial charge in [0.05, 0.1) is 0 Å². The van der Waals surface area contributed by atoms with Crippen LogP contribution in [0, 0.1) is 19.8 Å². The molecule has 1 aromatic carbocycles. The summed E-state index contributed by atoms with van der Waals surface area (Å²) in [7, 11) is 0. The molecule has 1 unspecified atom stereocenters. The van der Waals surface area contributed by atoms with Crippen LogP contribution in [-0.2, 0) is 4.79 Å². The van der Waals surface area contributed by atoms with Crippen molar-refractivity contribution in [2.45, 2.75) is 20.8 Å². The van der Waals surface area contributed by atoms with Gasteiger partial charge in [-0.05, 0) is 31.0 Å². The van der Waals surface area contributed by atoms with Crippen molar-refractivity contribution in [2.75, 3.05) is 11.2 Å². The van der Waals surface area contributed by atoms with Crippen LogP contribution >= 0.6 is 11.6 Å². The third-order valence-electron chi connectivity index (χ3n) is 2.33. The van der Waals surface area contributed by atoms with Crippen molar-refractivity contribution in [3.8, 4) is 0 Å². The Morgan fingerprint density at radius 1 is 1.47 bits per heavy atom. The molecule has 0 aromatic heterocycles. The van der Waals surface area contributed by atoms with Gasteiger partial charge in [0.15, 0.2) is 0 Å². The number of carbonyl (C=O) groups is 1. The maximum absolute atomic E-state index is 11.6. The number of halogens is 1. The highest BCUT2D eigenvalue weighted by Crippen LogP contribution is 2.17. The van der Waals surface area contributed by atoms with Gasteiger partial charge in [0, 0.05) is 17.5 Å². The average Bonchev–Trinajstić information content (AvgIpc) is 2.22. The number of hydrogen-bond donors (Lipinski definition) is 1. The summed E-state index contributed by atoms with van der Waals surface area (Å²) >= 11 is 5.62. The molecular formula is C12H16ClNO. The van der Waals surface area contributed by atoms with Gasteiger partial charge in [-0.25, -0.2) is 0 Å². The summed E-state index contributed by atoms with van der Waals surface area (Å²) < 4.78 is 0. The third-order valence-corrected chi connectivity index (χ3v) is 2.79. The molecule has 0 saturated carbocycles. The molecular weight excluding hydrogens is 210 g/mol. The van der Waals surface area contributed by atoms with Crippen molar-refractivity contribution in [3.63, 3.8) is 0 Å². The van der Waals surface area contributed by atoms with Crippen LogP contribution in [0.4, 0.5) is 5.69 Å². The third kappa shape index (κ3) is 3.24. The highest BCUT2D eigenvalue weighted by Gasteiger charge is 2.12. The summed E-state index contributed by atoms with van der Waals surface area (Å²) in [6.45, 7) is 5.79. The van der Waals surface area contributed by atoms with Crippen molar-refractivity contribution >= 4 is 23.2 Å². The number of carbonyl (C=O) groups excluding carboxylic acids is 1. The van der Waals surface area contributed by atoms with E-state index in [1.807, 2.05) is 39.0 Å². The predicted molar refractivity (Wildman–Crippen MR) is 64.4 cm³/mol. The molecule has 1 aromatic rings. The lowest BCUT2D eigenvalue weighted by Crippen LogP contribution is -2.21.